The summed E-state index contributed by atoms with van der Waals surface area (Å²) in [4.78, 5) is 0. The van der Waals surface area contributed by atoms with Gasteiger partial charge in [0.15, 0.2) is 0 Å². The predicted octanol–water partition coefficient (Wildman–Crippen LogP) is 3.09. The van der Waals surface area contributed by atoms with Crippen LogP contribution in [0.2, 0.25) is 0 Å². The van der Waals surface area contributed by atoms with Crippen molar-refractivity contribution in [1.82, 2.24) is 0 Å². The summed E-state index contributed by atoms with van der Waals surface area (Å²) < 4.78 is 0.399. The molecule has 2 aliphatic carbocycles. The van der Waals surface area contributed by atoms with Crippen LogP contribution in [0.15, 0.2) is 24.3 Å². The molecule has 0 bridgehead atoms. The number of hydrogen-bond acceptors (Lipinski definition) is 0. The van der Waals surface area contributed by atoms with Crippen molar-refractivity contribution in [3.63, 3.8) is 0 Å². The molecule has 0 nitrogen and oxygen atoms in total. The lowest BCUT2D eigenvalue weighted by Crippen LogP contribution is -2.24. The van der Waals surface area contributed by atoms with E-state index in [1.807, 2.05) is 0 Å². The van der Waals surface area contributed by atoms with Crippen LogP contribution in [0.3, 0.4) is 0 Å². The highest BCUT2D eigenvalue weighted by Crippen LogP contribution is 2.44. The first-order chi connectivity index (χ1) is 4.81. The molecule has 0 spiro atoms. The van der Waals surface area contributed by atoms with Gasteiger partial charge in [0.2, 0.25) is 0 Å². The third-order valence-electron chi connectivity index (χ3n) is 2.47. The van der Waals surface area contributed by atoms with E-state index in [1.54, 1.807) is 0 Å². The maximum atomic E-state index is 2.57. The normalized spacial score (nSPS) is 43.9. The quantitative estimate of drug-likeness (QED) is 0.350. The smallest absolute Gasteiger partial charge is 0.0611 e. The van der Waals surface area contributed by atoms with Crippen molar-refractivity contribution in [1.29, 1.82) is 0 Å². The fourth-order valence-corrected chi connectivity index (χ4v) is 2.90. The number of alkyl halides is 1. The first kappa shape index (κ1) is 6.89. The van der Waals surface area contributed by atoms with Crippen LogP contribution >= 0.6 is 22.6 Å². The third-order valence-corrected chi connectivity index (χ3v) is 4.07. The molecule has 2 aliphatic rings. The molecule has 0 aromatic rings. The summed E-state index contributed by atoms with van der Waals surface area (Å²) in [6.45, 7) is 0. The molecule has 0 aromatic heterocycles. The van der Waals surface area contributed by atoms with Gasteiger partial charge in [0.25, 0.3) is 0 Å². The van der Waals surface area contributed by atoms with Gasteiger partial charge in [0.1, 0.15) is 0 Å². The van der Waals surface area contributed by atoms with Gasteiger partial charge in [-0.05, 0) is 25.2 Å². The number of allylic oxidation sites excluding steroid dienone is 4. The average Bonchev–Trinajstić information content (AvgIpc) is 2.29. The topological polar surface area (TPSA) is 0 Å². The molecule has 0 heterocycles. The van der Waals surface area contributed by atoms with Crippen molar-refractivity contribution in [3.05, 3.63) is 24.3 Å². The first-order valence-electron chi connectivity index (χ1n) is 3.85. The van der Waals surface area contributed by atoms with E-state index in [0.717, 1.165) is 5.92 Å². The van der Waals surface area contributed by atoms with Gasteiger partial charge in [-0.15, -0.1) is 0 Å². The van der Waals surface area contributed by atoms with E-state index in [-0.39, 0.29) is 0 Å². The van der Waals surface area contributed by atoms with E-state index in [0.29, 0.717) is 3.42 Å². The minimum atomic E-state index is 0.399. The predicted molar refractivity (Wildman–Crippen MR) is 52.4 cm³/mol. The lowest BCUT2D eigenvalue weighted by Gasteiger charge is -2.28. The van der Waals surface area contributed by atoms with Crippen LogP contribution in [0, 0.1) is 5.92 Å². The van der Waals surface area contributed by atoms with E-state index >= 15 is 0 Å². The molecule has 0 fully saturated rings. The highest BCUT2D eigenvalue weighted by molar-refractivity contribution is 14.1. The standard InChI is InChI=1S/C9H11I/c10-9-6-2-1-4-8(9)5-3-7-9/h2-3,6-8H,1,4-5H2. The number of fused-ring (bicyclic) bond motifs is 1. The van der Waals surface area contributed by atoms with Crippen LogP contribution in [0.25, 0.3) is 0 Å². The van der Waals surface area contributed by atoms with Crippen LogP contribution in [0.5, 0.6) is 0 Å². The molecule has 0 aliphatic heterocycles. The van der Waals surface area contributed by atoms with Crippen LogP contribution in [0.4, 0.5) is 0 Å². The van der Waals surface area contributed by atoms with Gasteiger partial charge in [-0.25, -0.2) is 0 Å². The molecule has 0 aromatic carbocycles. The van der Waals surface area contributed by atoms with E-state index in [9.17, 15) is 0 Å². The molecule has 54 valence electrons. The SMILES string of the molecule is IC12C=CCCC1CC=C2. The van der Waals surface area contributed by atoms with Crippen LogP contribution in [0.1, 0.15) is 19.3 Å². The van der Waals surface area contributed by atoms with Crippen molar-refractivity contribution in [3.8, 4) is 0 Å². The maximum absolute atomic E-state index is 2.57. The average molecular weight is 246 g/mol. The molecule has 2 rings (SSSR count). The van der Waals surface area contributed by atoms with E-state index in [4.69, 9.17) is 0 Å². The van der Waals surface area contributed by atoms with Gasteiger partial charge < -0.3 is 0 Å². The summed E-state index contributed by atoms with van der Waals surface area (Å²) in [7, 11) is 0. The first-order valence-corrected chi connectivity index (χ1v) is 4.93. The minimum Gasteiger partial charge on any atom is -0.0869 e. The highest BCUT2D eigenvalue weighted by Gasteiger charge is 2.35. The van der Waals surface area contributed by atoms with E-state index in [2.05, 4.69) is 46.9 Å². The number of hydrogen-bond donors (Lipinski definition) is 0. The Hall–Kier alpha value is 0.210. The molecule has 1 heteroatoms. The Morgan fingerprint density at radius 3 is 2.90 bits per heavy atom. The zero-order chi connectivity index (χ0) is 7.03. The summed E-state index contributed by atoms with van der Waals surface area (Å²) in [5.41, 5.74) is 0. The Kier molecular flexibility index (Phi) is 1.63. The van der Waals surface area contributed by atoms with Crippen molar-refractivity contribution in [2.45, 2.75) is 22.7 Å². The molecular weight excluding hydrogens is 235 g/mol. The Bertz CT molecular complexity index is 193. The summed E-state index contributed by atoms with van der Waals surface area (Å²) >= 11 is 2.57. The van der Waals surface area contributed by atoms with Crippen LogP contribution in [-0.4, -0.2) is 3.42 Å². The molecule has 0 saturated carbocycles. The fourth-order valence-electron chi connectivity index (χ4n) is 1.82. The van der Waals surface area contributed by atoms with Crippen molar-refractivity contribution >= 4 is 22.6 Å². The van der Waals surface area contributed by atoms with Crippen LogP contribution in [-0.2, 0) is 0 Å². The summed E-state index contributed by atoms with van der Waals surface area (Å²) in [6.07, 6.45) is 13.3. The Morgan fingerprint density at radius 1 is 1.30 bits per heavy atom. The van der Waals surface area contributed by atoms with Crippen molar-refractivity contribution < 1.29 is 0 Å². The Labute approximate surface area is 75.5 Å². The molecule has 0 saturated heterocycles. The number of halogens is 1. The highest BCUT2D eigenvalue weighted by atomic mass is 127. The van der Waals surface area contributed by atoms with Gasteiger partial charge in [-0.3, -0.25) is 0 Å². The summed E-state index contributed by atoms with van der Waals surface area (Å²) in [5.74, 6) is 0.901. The second kappa shape index (κ2) is 2.36. The van der Waals surface area contributed by atoms with Gasteiger partial charge in [-0.1, -0.05) is 46.9 Å². The minimum absolute atomic E-state index is 0.399. The molecule has 10 heavy (non-hydrogen) atoms. The zero-order valence-electron chi connectivity index (χ0n) is 5.89. The van der Waals surface area contributed by atoms with Crippen LogP contribution < -0.4 is 0 Å². The summed E-state index contributed by atoms with van der Waals surface area (Å²) in [6, 6.07) is 0. The van der Waals surface area contributed by atoms with Gasteiger partial charge in [-0.2, -0.15) is 0 Å². The zero-order valence-corrected chi connectivity index (χ0v) is 8.04. The van der Waals surface area contributed by atoms with E-state index < -0.39 is 0 Å². The molecular formula is C9H11I. The monoisotopic (exact) mass is 246 g/mol. The second-order valence-electron chi connectivity index (χ2n) is 3.14. The van der Waals surface area contributed by atoms with E-state index in [1.165, 1.54) is 19.3 Å². The summed E-state index contributed by atoms with van der Waals surface area (Å²) in [5, 5.41) is 0. The second-order valence-corrected chi connectivity index (χ2v) is 5.01. The largest absolute Gasteiger partial charge is 0.0869 e. The Balaban J connectivity index is 2.30. The maximum Gasteiger partial charge on any atom is 0.0611 e. The van der Waals surface area contributed by atoms with Gasteiger partial charge in [0.05, 0.1) is 3.42 Å². The molecule has 0 radical (unpaired) electrons. The molecule has 0 amide bonds. The molecule has 2 atom stereocenters. The third kappa shape index (κ3) is 0.949. The molecule has 2 unspecified atom stereocenters. The fraction of sp³-hybridized carbons (Fsp3) is 0.556. The van der Waals surface area contributed by atoms with Crippen molar-refractivity contribution in [2.24, 2.45) is 5.92 Å². The lowest BCUT2D eigenvalue weighted by molar-refractivity contribution is 0.479. The van der Waals surface area contributed by atoms with Gasteiger partial charge in [0, 0.05) is 0 Å². The Morgan fingerprint density at radius 2 is 2.10 bits per heavy atom. The number of rotatable bonds is 0. The van der Waals surface area contributed by atoms with Crippen molar-refractivity contribution in [2.75, 3.05) is 0 Å². The molecule has 0 N–H and O–H groups in total. The van der Waals surface area contributed by atoms with Gasteiger partial charge >= 0.3 is 0 Å². The lowest BCUT2D eigenvalue weighted by atomic mass is 9.86.